The molecule has 0 saturated carbocycles. The fraction of sp³-hybridized carbons (Fsp3) is 0.200. The normalized spacial score (nSPS) is 12.4. The zero-order chi connectivity index (χ0) is 20.9. The molecule has 0 radical (unpaired) electrons. The Hall–Kier alpha value is -3.60. The summed E-state index contributed by atoms with van der Waals surface area (Å²) in [4.78, 5) is 24.5. The van der Waals surface area contributed by atoms with Crippen molar-refractivity contribution in [3.05, 3.63) is 95.1 Å². The van der Waals surface area contributed by atoms with Gasteiger partial charge >= 0.3 is 12.1 Å². The zero-order valence-electron chi connectivity index (χ0n) is 16.8. The molecule has 3 aromatic rings. The summed E-state index contributed by atoms with van der Waals surface area (Å²) in [5.41, 5.74) is 6.84. The number of esters is 1. The van der Waals surface area contributed by atoms with Gasteiger partial charge in [-0.15, -0.1) is 0 Å². The first kappa shape index (κ1) is 19.7. The molecule has 5 heteroatoms. The van der Waals surface area contributed by atoms with Crippen LogP contribution in [0.2, 0.25) is 0 Å². The average molecular weight is 401 g/mol. The zero-order valence-corrected chi connectivity index (χ0v) is 16.8. The third kappa shape index (κ3) is 4.35. The van der Waals surface area contributed by atoms with Gasteiger partial charge in [-0.3, -0.25) is 0 Å². The van der Waals surface area contributed by atoms with E-state index in [0.29, 0.717) is 6.42 Å². The van der Waals surface area contributed by atoms with Crippen LogP contribution in [-0.2, 0) is 33.7 Å². The molecule has 5 nitrogen and oxygen atoms in total. The van der Waals surface area contributed by atoms with Crippen molar-refractivity contribution < 1.29 is 19.1 Å². The predicted octanol–water partition coefficient (Wildman–Crippen LogP) is 4.27. The highest BCUT2D eigenvalue weighted by Crippen LogP contribution is 2.36. The number of fused-ring (bicyclic) bond motifs is 3. The molecule has 0 aromatic heterocycles. The Morgan fingerprint density at radius 2 is 1.63 bits per heavy atom. The van der Waals surface area contributed by atoms with Gasteiger partial charge in [0, 0.05) is 6.42 Å². The van der Waals surface area contributed by atoms with Gasteiger partial charge < -0.3 is 14.8 Å². The summed E-state index contributed by atoms with van der Waals surface area (Å²) in [6.45, 7) is 0.137. The van der Waals surface area contributed by atoms with E-state index in [1.54, 1.807) is 0 Å². The minimum absolute atomic E-state index is 0.137. The first-order valence-electron chi connectivity index (χ1n) is 9.89. The number of hydrogen-bond donors (Lipinski definition) is 1. The third-order valence-corrected chi connectivity index (χ3v) is 5.29. The number of methoxy groups -OCH3 is 1. The molecular weight excluding hydrogens is 378 g/mol. The van der Waals surface area contributed by atoms with E-state index in [0.717, 1.165) is 17.5 Å². The molecule has 1 amide bonds. The molecule has 0 spiro atoms. The molecule has 4 rings (SSSR count). The maximum absolute atomic E-state index is 12.2. The minimum Gasteiger partial charge on any atom is -0.467 e. The molecule has 30 heavy (non-hydrogen) atoms. The molecule has 152 valence electrons. The van der Waals surface area contributed by atoms with E-state index in [1.807, 2.05) is 48.5 Å². The number of benzene rings is 3. The lowest BCUT2D eigenvalue weighted by Gasteiger charge is -2.17. The van der Waals surface area contributed by atoms with Crippen LogP contribution in [0.5, 0.6) is 0 Å². The van der Waals surface area contributed by atoms with Crippen molar-refractivity contribution in [1.29, 1.82) is 0 Å². The second-order valence-corrected chi connectivity index (χ2v) is 7.31. The summed E-state index contributed by atoms with van der Waals surface area (Å²) in [5.74, 6) is -0.504. The fourth-order valence-electron chi connectivity index (χ4n) is 3.80. The quantitative estimate of drug-likeness (QED) is 0.490. The third-order valence-electron chi connectivity index (χ3n) is 5.29. The molecule has 0 unspecified atom stereocenters. The van der Waals surface area contributed by atoms with Gasteiger partial charge in [-0.1, -0.05) is 72.8 Å². The number of amides is 1. The molecule has 0 heterocycles. The summed E-state index contributed by atoms with van der Waals surface area (Å²) in [5, 5.41) is 2.64. The lowest BCUT2D eigenvalue weighted by atomic mass is 9.99. The van der Waals surface area contributed by atoms with Crippen molar-refractivity contribution in [1.82, 2.24) is 5.32 Å². The van der Waals surface area contributed by atoms with E-state index in [-0.39, 0.29) is 6.61 Å². The second kappa shape index (κ2) is 8.82. The van der Waals surface area contributed by atoms with Crippen molar-refractivity contribution in [2.45, 2.75) is 25.5 Å². The number of ether oxygens (including phenoxy) is 2. The Morgan fingerprint density at radius 1 is 0.900 bits per heavy atom. The van der Waals surface area contributed by atoms with Gasteiger partial charge in [-0.25, -0.2) is 9.59 Å². The van der Waals surface area contributed by atoms with Gasteiger partial charge in [0.15, 0.2) is 0 Å². The van der Waals surface area contributed by atoms with E-state index in [2.05, 4.69) is 29.6 Å². The Kier molecular flexibility index (Phi) is 5.80. The number of hydrogen-bond acceptors (Lipinski definition) is 4. The molecule has 1 aliphatic carbocycles. The number of carbonyl (C=O) groups is 2. The lowest BCUT2D eigenvalue weighted by molar-refractivity contribution is -0.143. The van der Waals surface area contributed by atoms with E-state index >= 15 is 0 Å². The molecule has 1 N–H and O–H groups in total. The van der Waals surface area contributed by atoms with Crippen LogP contribution in [0.15, 0.2) is 72.8 Å². The Morgan fingerprint density at radius 3 is 2.43 bits per heavy atom. The van der Waals surface area contributed by atoms with Crippen molar-refractivity contribution >= 4 is 12.1 Å². The van der Waals surface area contributed by atoms with Crippen LogP contribution >= 0.6 is 0 Å². The van der Waals surface area contributed by atoms with E-state index in [4.69, 9.17) is 9.47 Å². The van der Waals surface area contributed by atoms with Crippen LogP contribution < -0.4 is 5.32 Å². The maximum atomic E-state index is 12.2. The minimum atomic E-state index is -0.819. The van der Waals surface area contributed by atoms with Crippen LogP contribution in [0.1, 0.15) is 22.3 Å². The van der Waals surface area contributed by atoms with Gasteiger partial charge in [-0.05, 0) is 39.8 Å². The van der Waals surface area contributed by atoms with Crippen LogP contribution in [-0.4, -0.2) is 25.2 Å². The molecule has 0 saturated heterocycles. The second-order valence-electron chi connectivity index (χ2n) is 7.31. The molecule has 0 fully saturated rings. The standard InChI is InChI=1S/C25H23NO4/c1-29-24(27)23(26-25(28)30-16-17-7-3-2-4-8-17)14-18-11-12-22-20(13-18)15-19-9-5-6-10-21(19)22/h2-13,23H,14-16H2,1H3,(H,26,28)/t23-/m1/s1. The van der Waals surface area contributed by atoms with Gasteiger partial charge in [0.05, 0.1) is 7.11 Å². The van der Waals surface area contributed by atoms with E-state index < -0.39 is 18.1 Å². The van der Waals surface area contributed by atoms with Crippen molar-refractivity contribution in [3.8, 4) is 11.1 Å². The summed E-state index contributed by atoms with van der Waals surface area (Å²) < 4.78 is 10.1. The van der Waals surface area contributed by atoms with Crippen LogP contribution in [0, 0.1) is 0 Å². The summed E-state index contributed by atoms with van der Waals surface area (Å²) in [6.07, 6.45) is 0.550. The largest absolute Gasteiger partial charge is 0.467 e. The maximum Gasteiger partial charge on any atom is 0.408 e. The Bertz CT molecular complexity index is 1060. The first-order chi connectivity index (χ1) is 14.6. The highest BCUT2D eigenvalue weighted by molar-refractivity contribution is 5.82. The van der Waals surface area contributed by atoms with Gasteiger partial charge in [0.1, 0.15) is 12.6 Å². The molecule has 1 aliphatic rings. The van der Waals surface area contributed by atoms with Crippen molar-refractivity contribution in [3.63, 3.8) is 0 Å². The topological polar surface area (TPSA) is 64.6 Å². The number of carbonyl (C=O) groups excluding carboxylic acids is 2. The number of rotatable bonds is 6. The monoisotopic (exact) mass is 401 g/mol. The Labute approximate surface area is 175 Å². The van der Waals surface area contributed by atoms with Crippen LogP contribution in [0.3, 0.4) is 0 Å². The summed E-state index contributed by atoms with van der Waals surface area (Å²) in [6, 6.07) is 23.1. The van der Waals surface area contributed by atoms with Crippen LogP contribution in [0.4, 0.5) is 4.79 Å². The predicted molar refractivity (Wildman–Crippen MR) is 114 cm³/mol. The Balaban J connectivity index is 1.43. The van der Waals surface area contributed by atoms with Crippen molar-refractivity contribution in [2.75, 3.05) is 7.11 Å². The van der Waals surface area contributed by atoms with Crippen molar-refractivity contribution in [2.24, 2.45) is 0 Å². The van der Waals surface area contributed by atoms with Gasteiger partial charge in [-0.2, -0.15) is 0 Å². The highest BCUT2D eigenvalue weighted by Gasteiger charge is 2.24. The fourth-order valence-corrected chi connectivity index (χ4v) is 3.80. The summed E-state index contributed by atoms with van der Waals surface area (Å²) in [7, 11) is 1.31. The molecule has 3 aromatic carbocycles. The molecular formula is C25H23NO4. The van der Waals surface area contributed by atoms with Gasteiger partial charge in [0.25, 0.3) is 0 Å². The van der Waals surface area contributed by atoms with E-state index in [9.17, 15) is 9.59 Å². The SMILES string of the molecule is COC(=O)[C@@H](Cc1ccc2c(c1)Cc1ccccc1-2)NC(=O)OCc1ccccc1. The summed E-state index contributed by atoms with van der Waals surface area (Å²) >= 11 is 0. The number of alkyl carbamates (subject to hydrolysis) is 1. The van der Waals surface area contributed by atoms with Gasteiger partial charge in [0.2, 0.25) is 0 Å². The molecule has 0 aliphatic heterocycles. The first-order valence-corrected chi connectivity index (χ1v) is 9.89. The van der Waals surface area contributed by atoms with E-state index in [1.165, 1.54) is 29.4 Å². The lowest BCUT2D eigenvalue weighted by Crippen LogP contribution is -2.43. The molecule has 0 bridgehead atoms. The average Bonchev–Trinajstić information content (AvgIpc) is 3.15. The highest BCUT2D eigenvalue weighted by atomic mass is 16.6. The van der Waals surface area contributed by atoms with Crippen LogP contribution in [0.25, 0.3) is 11.1 Å². The number of nitrogens with one attached hydrogen (secondary N) is 1. The smallest absolute Gasteiger partial charge is 0.408 e. The molecule has 1 atom stereocenters.